The first-order chi connectivity index (χ1) is 12.2. The van der Waals surface area contributed by atoms with E-state index >= 15 is 0 Å². The second-order valence-electron chi connectivity index (χ2n) is 5.51. The summed E-state index contributed by atoms with van der Waals surface area (Å²) in [5.41, 5.74) is 2.22. The molecular formula is C18H21Cl2N3O2S. The van der Waals surface area contributed by atoms with Crippen molar-refractivity contribution in [3.05, 3.63) is 41.0 Å². The molecule has 2 heterocycles. The zero-order valence-corrected chi connectivity index (χ0v) is 17.0. The predicted molar refractivity (Wildman–Crippen MR) is 111 cm³/mol. The molecule has 0 saturated carbocycles. The van der Waals surface area contributed by atoms with Crippen LogP contribution in [0.25, 0.3) is 21.3 Å². The second-order valence-corrected chi connectivity index (χ2v) is 6.80. The Morgan fingerprint density at radius 3 is 2.31 bits per heavy atom. The highest BCUT2D eigenvalue weighted by atomic mass is 35.5. The Bertz CT molecular complexity index is 819. The van der Waals surface area contributed by atoms with Crippen LogP contribution in [-0.2, 0) is 9.47 Å². The topological polar surface area (TPSA) is 47.5 Å². The number of anilines is 1. The van der Waals surface area contributed by atoms with Crippen molar-refractivity contribution in [3.63, 3.8) is 0 Å². The van der Waals surface area contributed by atoms with E-state index in [0.29, 0.717) is 13.2 Å². The van der Waals surface area contributed by atoms with Gasteiger partial charge in [0.2, 0.25) is 0 Å². The van der Waals surface area contributed by atoms with Crippen molar-refractivity contribution in [2.45, 2.75) is 0 Å². The lowest BCUT2D eigenvalue weighted by Gasteiger charge is -2.24. The van der Waals surface area contributed by atoms with E-state index in [2.05, 4.69) is 20.2 Å². The summed E-state index contributed by atoms with van der Waals surface area (Å²) in [5.74, 6) is 0.908. The molecule has 0 unspecified atom stereocenters. The van der Waals surface area contributed by atoms with Gasteiger partial charge in [-0.2, -0.15) is 0 Å². The minimum absolute atomic E-state index is 0. The van der Waals surface area contributed by atoms with E-state index in [1.165, 1.54) is 0 Å². The maximum atomic E-state index is 6.03. The average molecular weight is 414 g/mol. The summed E-state index contributed by atoms with van der Waals surface area (Å²) in [7, 11) is 3.40. The highest BCUT2D eigenvalue weighted by Crippen LogP contribution is 2.38. The highest BCUT2D eigenvalue weighted by Gasteiger charge is 2.17. The van der Waals surface area contributed by atoms with Gasteiger partial charge in [0.1, 0.15) is 17.0 Å². The van der Waals surface area contributed by atoms with Gasteiger partial charge in [-0.15, -0.1) is 23.7 Å². The lowest BCUT2D eigenvalue weighted by Crippen LogP contribution is -2.31. The van der Waals surface area contributed by atoms with Gasteiger partial charge in [-0.3, -0.25) is 0 Å². The first-order valence-electron chi connectivity index (χ1n) is 7.95. The predicted octanol–water partition coefficient (Wildman–Crippen LogP) is 4.53. The number of nitrogens with zero attached hydrogens (tertiary/aromatic N) is 3. The number of fused-ring (bicyclic) bond motifs is 1. The van der Waals surface area contributed by atoms with E-state index in [1.54, 1.807) is 31.9 Å². The number of methoxy groups -OCH3 is 2. The van der Waals surface area contributed by atoms with Gasteiger partial charge in [0.25, 0.3) is 0 Å². The normalized spacial score (nSPS) is 10.7. The van der Waals surface area contributed by atoms with E-state index in [-0.39, 0.29) is 12.4 Å². The zero-order chi connectivity index (χ0) is 17.6. The molecule has 2 aromatic heterocycles. The molecule has 0 N–H and O–H groups in total. The Balaban J connectivity index is 0.00000243. The van der Waals surface area contributed by atoms with Crippen LogP contribution in [0.15, 0.2) is 36.0 Å². The molecule has 0 atom stereocenters. The van der Waals surface area contributed by atoms with Crippen molar-refractivity contribution >= 4 is 51.4 Å². The first kappa shape index (κ1) is 20.9. The third-order valence-corrected chi connectivity index (χ3v) is 5.07. The molecule has 0 amide bonds. The number of hydrogen-bond acceptors (Lipinski definition) is 6. The van der Waals surface area contributed by atoms with Crippen LogP contribution in [0.2, 0.25) is 5.02 Å². The molecule has 26 heavy (non-hydrogen) atoms. The van der Waals surface area contributed by atoms with Crippen molar-refractivity contribution in [3.8, 4) is 11.1 Å². The monoisotopic (exact) mass is 413 g/mol. The van der Waals surface area contributed by atoms with Gasteiger partial charge in [0, 0.05) is 43.3 Å². The van der Waals surface area contributed by atoms with Crippen LogP contribution in [0.3, 0.4) is 0 Å². The van der Waals surface area contributed by atoms with Crippen molar-refractivity contribution in [1.29, 1.82) is 0 Å². The standard InChI is InChI=1S/C18H20ClN3O2S.ClH/c1-23-9-7-22(8-10-24-2)17-16-15(11-25-18(16)21-12-20-17)13-3-5-14(19)6-4-13;/h3-6,11-12H,7-10H2,1-2H3;1H. The molecule has 3 rings (SSSR count). The van der Waals surface area contributed by atoms with E-state index in [0.717, 1.165) is 45.3 Å². The van der Waals surface area contributed by atoms with Gasteiger partial charge in [-0.1, -0.05) is 23.7 Å². The Hall–Kier alpha value is -1.44. The molecule has 8 heteroatoms. The summed E-state index contributed by atoms with van der Waals surface area (Å²) < 4.78 is 10.5. The molecule has 3 aromatic rings. The molecule has 0 aliphatic carbocycles. The number of halogens is 2. The molecule has 0 spiro atoms. The second kappa shape index (κ2) is 10.0. The number of hydrogen-bond donors (Lipinski definition) is 0. The van der Waals surface area contributed by atoms with Crippen LogP contribution in [0, 0.1) is 0 Å². The van der Waals surface area contributed by atoms with Crippen molar-refractivity contribution in [2.75, 3.05) is 45.4 Å². The first-order valence-corrected chi connectivity index (χ1v) is 9.21. The Kier molecular flexibility index (Phi) is 8.06. The molecule has 0 aliphatic heterocycles. The average Bonchev–Trinajstić information content (AvgIpc) is 3.07. The van der Waals surface area contributed by atoms with Gasteiger partial charge >= 0.3 is 0 Å². The van der Waals surface area contributed by atoms with Crippen LogP contribution in [0.4, 0.5) is 5.82 Å². The molecule has 0 aliphatic rings. The highest BCUT2D eigenvalue weighted by molar-refractivity contribution is 7.17. The molecular weight excluding hydrogens is 393 g/mol. The van der Waals surface area contributed by atoms with Gasteiger partial charge in [-0.05, 0) is 17.7 Å². The molecule has 1 aromatic carbocycles. The summed E-state index contributed by atoms with van der Waals surface area (Å²) in [4.78, 5) is 12.2. The molecule has 0 bridgehead atoms. The Morgan fingerprint density at radius 1 is 1.04 bits per heavy atom. The number of aromatic nitrogens is 2. The van der Waals surface area contributed by atoms with Crippen molar-refractivity contribution in [1.82, 2.24) is 9.97 Å². The van der Waals surface area contributed by atoms with Gasteiger partial charge in [-0.25, -0.2) is 9.97 Å². The summed E-state index contributed by atoms with van der Waals surface area (Å²) in [6.45, 7) is 2.72. The van der Waals surface area contributed by atoms with Crippen LogP contribution in [0.1, 0.15) is 0 Å². The minimum Gasteiger partial charge on any atom is -0.383 e. The van der Waals surface area contributed by atoms with E-state index in [4.69, 9.17) is 21.1 Å². The maximum Gasteiger partial charge on any atom is 0.141 e. The quantitative estimate of drug-likeness (QED) is 0.542. The summed E-state index contributed by atoms with van der Waals surface area (Å²) in [6.07, 6.45) is 1.62. The number of rotatable bonds is 8. The molecule has 0 fully saturated rings. The smallest absolute Gasteiger partial charge is 0.141 e. The van der Waals surface area contributed by atoms with Gasteiger partial charge in [0.05, 0.1) is 18.6 Å². The minimum atomic E-state index is 0. The molecule has 0 saturated heterocycles. The Morgan fingerprint density at radius 2 is 1.69 bits per heavy atom. The molecule has 5 nitrogen and oxygen atoms in total. The number of thiophene rings is 1. The van der Waals surface area contributed by atoms with Crippen LogP contribution < -0.4 is 4.90 Å². The van der Waals surface area contributed by atoms with E-state index in [1.807, 2.05) is 24.3 Å². The zero-order valence-electron chi connectivity index (χ0n) is 14.6. The maximum absolute atomic E-state index is 6.03. The van der Waals surface area contributed by atoms with E-state index < -0.39 is 0 Å². The third-order valence-electron chi connectivity index (χ3n) is 3.94. The summed E-state index contributed by atoms with van der Waals surface area (Å²) in [5, 5.41) is 3.90. The number of benzene rings is 1. The third kappa shape index (κ3) is 4.64. The van der Waals surface area contributed by atoms with Crippen LogP contribution in [-0.4, -0.2) is 50.5 Å². The Labute approximate surface area is 168 Å². The SMILES string of the molecule is COCCN(CCOC)c1ncnc2scc(-c3ccc(Cl)cc3)c12.Cl. The van der Waals surface area contributed by atoms with Crippen molar-refractivity contribution < 1.29 is 9.47 Å². The lowest BCUT2D eigenvalue weighted by molar-refractivity contribution is 0.190. The van der Waals surface area contributed by atoms with Gasteiger partial charge in [0.15, 0.2) is 0 Å². The molecule has 0 radical (unpaired) electrons. The van der Waals surface area contributed by atoms with Crippen LogP contribution in [0.5, 0.6) is 0 Å². The van der Waals surface area contributed by atoms with Crippen LogP contribution >= 0.6 is 35.3 Å². The summed E-state index contributed by atoms with van der Waals surface area (Å²) in [6, 6.07) is 7.85. The molecule has 140 valence electrons. The van der Waals surface area contributed by atoms with E-state index in [9.17, 15) is 0 Å². The fourth-order valence-corrected chi connectivity index (χ4v) is 3.70. The fourth-order valence-electron chi connectivity index (χ4n) is 2.67. The fraction of sp³-hybridized carbons (Fsp3) is 0.333. The number of ether oxygens (including phenoxy) is 2. The van der Waals surface area contributed by atoms with Gasteiger partial charge < -0.3 is 14.4 Å². The largest absolute Gasteiger partial charge is 0.383 e. The van der Waals surface area contributed by atoms with Crippen molar-refractivity contribution in [2.24, 2.45) is 0 Å². The summed E-state index contributed by atoms with van der Waals surface area (Å²) >= 11 is 7.65. The lowest BCUT2D eigenvalue weighted by atomic mass is 10.1.